The van der Waals surface area contributed by atoms with Crippen LogP contribution in [0.3, 0.4) is 0 Å². The first-order chi connectivity index (χ1) is 17.4. The molecule has 0 spiro atoms. The number of para-hydroxylation sites is 1. The standard InChI is InChI=1S/C28H26N4O3S/c1-3-19-8-11-22(12-9-19)32(28-30-23-6-4-5-7-25(23)36-28)27(35)21-10-13-24-20(16-21)14-15-31(24)26(34)17-29-18(2)33/h4-13,16H,3,14-15,17H2,1-2H3,(H,29,33). The number of rotatable bonds is 6. The smallest absolute Gasteiger partial charge is 0.264 e. The van der Waals surface area contributed by atoms with Crippen LogP contribution in [0, 0.1) is 0 Å². The fourth-order valence-electron chi connectivity index (χ4n) is 4.37. The number of hydrogen-bond acceptors (Lipinski definition) is 5. The number of nitrogens with one attached hydrogen (secondary N) is 1. The monoisotopic (exact) mass is 498 g/mol. The van der Waals surface area contributed by atoms with E-state index in [1.807, 2.05) is 60.7 Å². The lowest BCUT2D eigenvalue weighted by Gasteiger charge is -2.21. The van der Waals surface area contributed by atoms with Gasteiger partial charge in [-0.05, 0) is 66.4 Å². The Hall–Kier alpha value is -4.04. The zero-order chi connectivity index (χ0) is 25.2. The van der Waals surface area contributed by atoms with Gasteiger partial charge in [0.2, 0.25) is 11.8 Å². The molecule has 3 amide bonds. The molecule has 0 aliphatic carbocycles. The molecule has 0 bridgehead atoms. The third kappa shape index (κ3) is 4.59. The lowest BCUT2D eigenvalue weighted by molar-refractivity contribution is -0.123. The van der Waals surface area contributed by atoms with Crippen molar-refractivity contribution in [1.82, 2.24) is 10.3 Å². The highest BCUT2D eigenvalue weighted by molar-refractivity contribution is 7.22. The molecule has 0 fully saturated rings. The van der Waals surface area contributed by atoms with Crippen molar-refractivity contribution in [3.8, 4) is 0 Å². The molecule has 5 rings (SSSR count). The van der Waals surface area contributed by atoms with Crippen LogP contribution in [0.2, 0.25) is 0 Å². The largest absolute Gasteiger partial charge is 0.347 e. The van der Waals surface area contributed by atoms with Gasteiger partial charge in [0.05, 0.1) is 22.4 Å². The minimum absolute atomic E-state index is 0.0470. The summed E-state index contributed by atoms with van der Waals surface area (Å²) in [6.45, 7) is 3.95. The fraction of sp³-hybridized carbons (Fsp3) is 0.214. The predicted molar refractivity (Wildman–Crippen MR) is 143 cm³/mol. The minimum atomic E-state index is -0.245. The van der Waals surface area contributed by atoms with Crippen LogP contribution in [0.25, 0.3) is 10.2 Å². The molecule has 1 N–H and O–H groups in total. The van der Waals surface area contributed by atoms with Crippen LogP contribution in [0.15, 0.2) is 66.7 Å². The highest BCUT2D eigenvalue weighted by atomic mass is 32.1. The molecule has 0 radical (unpaired) electrons. The van der Waals surface area contributed by atoms with Gasteiger partial charge < -0.3 is 10.2 Å². The summed E-state index contributed by atoms with van der Waals surface area (Å²) >= 11 is 1.48. The first-order valence-corrected chi connectivity index (χ1v) is 12.7. The number of aryl methyl sites for hydroxylation is 1. The highest BCUT2D eigenvalue weighted by Gasteiger charge is 2.28. The van der Waals surface area contributed by atoms with Gasteiger partial charge in [-0.2, -0.15) is 0 Å². The summed E-state index contributed by atoms with van der Waals surface area (Å²) in [4.78, 5) is 45.8. The predicted octanol–water partition coefficient (Wildman–Crippen LogP) is 4.86. The number of nitrogens with zero attached hydrogens (tertiary/aromatic N) is 3. The second-order valence-electron chi connectivity index (χ2n) is 8.67. The number of anilines is 3. The summed E-state index contributed by atoms with van der Waals surface area (Å²) < 4.78 is 1.01. The molecule has 36 heavy (non-hydrogen) atoms. The number of thiazole rings is 1. The Morgan fingerprint density at radius 2 is 1.83 bits per heavy atom. The van der Waals surface area contributed by atoms with Crippen LogP contribution in [0.1, 0.15) is 35.3 Å². The van der Waals surface area contributed by atoms with E-state index in [1.54, 1.807) is 15.9 Å². The van der Waals surface area contributed by atoms with E-state index < -0.39 is 0 Å². The van der Waals surface area contributed by atoms with E-state index in [1.165, 1.54) is 23.8 Å². The van der Waals surface area contributed by atoms with Gasteiger partial charge in [0.25, 0.3) is 5.91 Å². The van der Waals surface area contributed by atoms with Crippen LogP contribution in [0.5, 0.6) is 0 Å². The second-order valence-corrected chi connectivity index (χ2v) is 9.68. The Labute approximate surface area is 213 Å². The van der Waals surface area contributed by atoms with E-state index in [2.05, 4.69) is 12.2 Å². The average molecular weight is 499 g/mol. The molecular formula is C28H26N4O3S. The number of aromatic nitrogens is 1. The number of fused-ring (bicyclic) bond motifs is 2. The molecule has 0 unspecified atom stereocenters. The van der Waals surface area contributed by atoms with Gasteiger partial charge in [0, 0.05) is 24.7 Å². The quantitative estimate of drug-likeness (QED) is 0.412. The van der Waals surface area contributed by atoms with Gasteiger partial charge in [-0.3, -0.25) is 19.3 Å². The zero-order valence-electron chi connectivity index (χ0n) is 20.2. The molecule has 3 aromatic carbocycles. The molecule has 2 heterocycles. The topological polar surface area (TPSA) is 82.6 Å². The van der Waals surface area contributed by atoms with E-state index in [0.717, 1.165) is 33.6 Å². The van der Waals surface area contributed by atoms with Crippen LogP contribution < -0.4 is 15.1 Å². The molecule has 1 aliphatic heterocycles. The van der Waals surface area contributed by atoms with Crippen molar-refractivity contribution in [2.24, 2.45) is 0 Å². The Morgan fingerprint density at radius 1 is 1.06 bits per heavy atom. The van der Waals surface area contributed by atoms with Crippen LogP contribution in [-0.2, 0) is 22.4 Å². The first-order valence-electron chi connectivity index (χ1n) is 11.9. The summed E-state index contributed by atoms with van der Waals surface area (Å²) in [5.74, 6) is -0.593. The molecule has 0 atom stereocenters. The summed E-state index contributed by atoms with van der Waals surface area (Å²) in [6.07, 6.45) is 1.56. The lowest BCUT2D eigenvalue weighted by atomic mass is 10.1. The number of carbonyl (C=O) groups excluding carboxylic acids is 3. The normalized spacial score (nSPS) is 12.4. The SMILES string of the molecule is CCc1ccc(N(C(=O)c2ccc3c(c2)CCN3C(=O)CNC(C)=O)c2nc3ccccc3s2)cc1. The molecule has 7 nitrogen and oxygen atoms in total. The molecule has 4 aromatic rings. The molecular weight excluding hydrogens is 472 g/mol. The van der Waals surface area contributed by atoms with Crippen LogP contribution in [0.4, 0.5) is 16.5 Å². The third-order valence-corrected chi connectivity index (χ3v) is 7.31. The molecule has 8 heteroatoms. The van der Waals surface area contributed by atoms with Gasteiger partial charge in [0.15, 0.2) is 5.13 Å². The van der Waals surface area contributed by atoms with Crippen molar-refractivity contribution in [3.05, 3.63) is 83.4 Å². The second kappa shape index (κ2) is 9.91. The molecule has 182 valence electrons. The van der Waals surface area contributed by atoms with E-state index >= 15 is 0 Å². The summed E-state index contributed by atoms with van der Waals surface area (Å²) in [5.41, 5.74) is 5.04. The maximum atomic E-state index is 13.9. The summed E-state index contributed by atoms with van der Waals surface area (Å²) in [6, 6.07) is 21.3. The molecule has 1 aromatic heterocycles. The van der Waals surface area contributed by atoms with Crippen molar-refractivity contribution in [2.45, 2.75) is 26.7 Å². The third-order valence-electron chi connectivity index (χ3n) is 6.29. The van der Waals surface area contributed by atoms with Crippen molar-refractivity contribution in [1.29, 1.82) is 0 Å². The molecule has 0 saturated heterocycles. The zero-order valence-corrected chi connectivity index (χ0v) is 21.0. The van der Waals surface area contributed by atoms with Crippen molar-refractivity contribution in [3.63, 3.8) is 0 Å². The van der Waals surface area contributed by atoms with E-state index in [4.69, 9.17) is 4.98 Å². The summed E-state index contributed by atoms with van der Waals surface area (Å²) in [5, 5.41) is 3.17. The maximum absolute atomic E-state index is 13.9. The van der Waals surface area contributed by atoms with E-state index in [-0.39, 0.29) is 24.3 Å². The maximum Gasteiger partial charge on any atom is 0.264 e. The Bertz CT molecular complexity index is 1430. The average Bonchev–Trinajstić information content (AvgIpc) is 3.51. The molecule has 1 aliphatic rings. The van der Waals surface area contributed by atoms with Gasteiger partial charge >= 0.3 is 0 Å². The first kappa shape index (κ1) is 23.7. The van der Waals surface area contributed by atoms with Gasteiger partial charge in [0.1, 0.15) is 0 Å². The van der Waals surface area contributed by atoms with Gasteiger partial charge in [-0.15, -0.1) is 0 Å². The minimum Gasteiger partial charge on any atom is -0.347 e. The number of hydrogen-bond donors (Lipinski definition) is 1. The fourth-order valence-corrected chi connectivity index (χ4v) is 5.35. The summed E-state index contributed by atoms with van der Waals surface area (Å²) in [7, 11) is 0. The van der Waals surface area contributed by atoms with Crippen molar-refractivity contribution in [2.75, 3.05) is 22.9 Å². The van der Waals surface area contributed by atoms with Gasteiger partial charge in [-0.25, -0.2) is 4.98 Å². The van der Waals surface area contributed by atoms with Crippen molar-refractivity contribution < 1.29 is 14.4 Å². The van der Waals surface area contributed by atoms with Crippen LogP contribution >= 0.6 is 11.3 Å². The Balaban J connectivity index is 1.49. The Kier molecular flexibility index (Phi) is 6.52. The van der Waals surface area contributed by atoms with E-state index in [0.29, 0.717) is 23.7 Å². The number of benzene rings is 3. The van der Waals surface area contributed by atoms with Gasteiger partial charge in [-0.1, -0.05) is 42.5 Å². The molecule has 0 saturated carbocycles. The lowest BCUT2D eigenvalue weighted by Crippen LogP contribution is -2.38. The van der Waals surface area contributed by atoms with E-state index in [9.17, 15) is 14.4 Å². The highest BCUT2D eigenvalue weighted by Crippen LogP contribution is 2.36. The number of carbonyl (C=O) groups is 3. The number of amides is 3. The van der Waals surface area contributed by atoms with Crippen molar-refractivity contribution >= 4 is 55.8 Å². The van der Waals surface area contributed by atoms with Crippen LogP contribution in [-0.4, -0.2) is 35.8 Å². The Morgan fingerprint density at radius 3 is 2.56 bits per heavy atom.